The molecule has 1 aliphatic rings. The Hall–Kier alpha value is -1.66. The van der Waals surface area contributed by atoms with Gasteiger partial charge in [0.05, 0.1) is 6.10 Å². The molecule has 0 spiro atoms. The van der Waals surface area contributed by atoms with Crippen LogP contribution in [-0.4, -0.2) is 34.3 Å². The number of oxime groups is 1. The van der Waals surface area contributed by atoms with Gasteiger partial charge in [0, 0.05) is 24.9 Å². The zero-order valence-electron chi connectivity index (χ0n) is 11.3. The van der Waals surface area contributed by atoms with E-state index in [4.69, 9.17) is 15.7 Å². The molecule has 6 nitrogen and oxygen atoms in total. The fourth-order valence-corrected chi connectivity index (χ4v) is 2.22. The molecule has 0 amide bonds. The van der Waals surface area contributed by atoms with Crippen molar-refractivity contribution in [3.05, 3.63) is 29.6 Å². The minimum absolute atomic E-state index is 0.0262. The molecule has 104 valence electrons. The second-order valence-corrected chi connectivity index (χ2v) is 5.03. The summed E-state index contributed by atoms with van der Waals surface area (Å²) >= 11 is 0. The molecule has 2 unspecified atom stereocenters. The zero-order chi connectivity index (χ0) is 13.9. The average molecular weight is 264 g/mol. The lowest BCUT2D eigenvalue weighted by atomic mass is 9.94. The molecule has 1 aliphatic heterocycles. The van der Waals surface area contributed by atoms with Crippen LogP contribution in [-0.2, 0) is 11.3 Å². The molecule has 6 heteroatoms. The van der Waals surface area contributed by atoms with Crippen molar-refractivity contribution in [1.82, 2.24) is 10.3 Å². The SMILES string of the molecule is CC1OCCC1(C)NCc1cccnc1/C(N)=N/O. The van der Waals surface area contributed by atoms with E-state index in [9.17, 15) is 0 Å². The lowest BCUT2D eigenvalue weighted by Crippen LogP contribution is -2.47. The smallest absolute Gasteiger partial charge is 0.189 e. The van der Waals surface area contributed by atoms with Gasteiger partial charge >= 0.3 is 0 Å². The van der Waals surface area contributed by atoms with Gasteiger partial charge in [0.15, 0.2) is 5.84 Å². The Balaban J connectivity index is 2.12. The molecule has 19 heavy (non-hydrogen) atoms. The van der Waals surface area contributed by atoms with Crippen LogP contribution in [0.1, 0.15) is 31.5 Å². The number of hydrogen-bond donors (Lipinski definition) is 3. The molecular weight excluding hydrogens is 244 g/mol. The third kappa shape index (κ3) is 2.85. The largest absolute Gasteiger partial charge is 0.409 e. The monoisotopic (exact) mass is 264 g/mol. The van der Waals surface area contributed by atoms with Gasteiger partial charge in [-0.2, -0.15) is 0 Å². The van der Waals surface area contributed by atoms with Gasteiger partial charge < -0.3 is 21.0 Å². The van der Waals surface area contributed by atoms with Crippen LogP contribution in [0.25, 0.3) is 0 Å². The first-order valence-corrected chi connectivity index (χ1v) is 6.35. The third-order valence-corrected chi connectivity index (χ3v) is 3.81. The van der Waals surface area contributed by atoms with E-state index in [1.807, 2.05) is 12.1 Å². The van der Waals surface area contributed by atoms with E-state index in [0.29, 0.717) is 12.2 Å². The van der Waals surface area contributed by atoms with Gasteiger partial charge in [-0.15, -0.1) is 0 Å². The third-order valence-electron chi connectivity index (χ3n) is 3.81. The topological polar surface area (TPSA) is 92.8 Å². The normalized spacial score (nSPS) is 27.7. The van der Waals surface area contributed by atoms with Crippen LogP contribution in [0.3, 0.4) is 0 Å². The molecule has 1 aromatic heterocycles. The van der Waals surface area contributed by atoms with Crippen molar-refractivity contribution in [2.75, 3.05) is 6.61 Å². The summed E-state index contributed by atoms with van der Waals surface area (Å²) < 4.78 is 5.59. The fourth-order valence-electron chi connectivity index (χ4n) is 2.22. The van der Waals surface area contributed by atoms with E-state index in [-0.39, 0.29) is 17.5 Å². The van der Waals surface area contributed by atoms with Crippen LogP contribution >= 0.6 is 0 Å². The quantitative estimate of drug-likeness (QED) is 0.324. The second-order valence-electron chi connectivity index (χ2n) is 5.03. The highest BCUT2D eigenvalue weighted by Crippen LogP contribution is 2.25. The molecule has 0 aliphatic carbocycles. The molecular formula is C13H20N4O2. The molecule has 4 N–H and O–H groups in total. The van der Waals surface area contributed by atoms with E-state index in [2.05, 4.69) is 29.3 Å². The summed E-state index contributed by atoms with van der Waals surface area (Å²) in [7, 11) is 0. The Kier molecular flexibility index (Phi) is 4.01. The minimum Gasteiger partial charge on any atom is -0.409 e. The molecule has 2 rings (SSSR count). The van der Waals surface area contributed by atoms with Crippen molar-refractivity contribution < 1.29 is 9.94 Å². The van der Waals surface area contributed by atoms with Crippen molar-refractivity contribution in [1.29, 1.82) is 0 Å². The van der Waals surface area contributed by atoms with Crippen molar-refractivity contribution in [2.45, 2.75) is 38.5 Å². The fraction of sp³-hybridized carbons (Fsp3) is 0.538. The summed E-state index contributed by atoms with van der Waals surface area (Å²) in [6.07, 6.45) is 2.75. The minimum atomic E-state index is -0.0573. The zero-order valence-corrected chi connectivity index (χ0v) is 11.3. The van der Waals surface area contributed by atoms with Gasteiger partial charge in [-0.05, 0) is 31.9 Å². The van der Waals surface area contributed by atoms with Crippen LogP contribution in [0.4, 0.5) is 0 Å². The first-order valence-electron chi connectivity index (χ1n) is 6.35. The summed E-state index contributed by atoms with van der Waals surface area (Å²) in [5.41, 5.74) is 6.97. The number of nitrogens with two attached hydrogens (primary N) is 1. The molecule has 1 fully saturated rings. The highest BCUT2D eigenvalue weighted by Gasteiger charge is 2.36. The Morgan fingerprint density at radius 3 is 3.16 bits per heavy atom. The van der Waals surface area contributed by atoms with Crippen molar-refractivity contribution in [3.63, 3.8) is 0 Å². The maximum atomic E-state index is 8.77. The summed E-state index contributed by atoms with van der Waals surface area (Å²) in [6, 6.07) is 3.75. The standard InChI is InChI=1S/C13H20N4O2/c1-9-13(2,5-7-19-9)16-8-10-4-3-6-15-11(10)12(14)17-18/h3-4,6,9,16,18H,5,7-8H2,1-2H3,(H2,14,17). The Labute approximate surface area is 112 Å². The number of aromatic nitrogens is 1. The van der Waals surface area contributed by atoms with Gasteiger partial charge in [-0.3, -0.25) is 4.98 Å². The van der Waals surface area contributed by atoms with Gasteiger partial charge in [0.2, 0.25) is 0 Å². The first kappa shape index (κ1) is 13.8. The number of hydrogen-bond acceptors (Lipinski definition) is 5. The number of rotatable bonds is 4. The molecule has 0 bridgehead atoms. The van der Waals surface area contributed by atoms with Crippen LogP contribution in [0.15, 0.2) is 23.5 Å². The van der Waals surface area contributed by atoms with E-state index in [1.165, 1.54) is 0 Å². The number of nitrogens with one attached hydrogen (secondary N) is 1. The van der Waals surface area contributed by atoms with Crippen LogP contribution in [0, 0.1) is 0 Å². The maximum Gasteiger partial charge on any atom is 0.189 e. The van der Waals surface area contributed by atoms with Gasteiger partial charge in [0.1, 0.15) is 5.69 Å². The van der Waals surface area contributed by atoms with E-state index < -0.39 is 0 Å². The lowest BCUT2D eigenvalue weighted by molar-refractivity contribution is 0.0881. The van der Waals surface area contributed by atoms with Gasteiger partial charge in [0.25, 0.3) is 0 Å². The summed E-state index contributed by atoms with van der Waals surface area (Å²) in [5.74, 6) is 0.0262. The Morgan fingerprint density at radius 1 is 1.74 bits per heavy atom. The van der Waals surface area contributed by atoms with Crippen LogP contribution in [0.2, 0.25) is 0 Å². The predicted molar refractivity (Wildman–Crippen MR) is 72.0 cm³/mol. The maximum absolute atomic E-state index is 8.77. The summed E-state index contributed by atoms with van der Waals surface area (Å²) in [6.45, 7) is 5.58. The first-order chi connectivity index (χ1) is 9.07. The average Bonchev–Trinajstić information content (AvgIpc) is 2.76. The molecule has 2 atom stereocenters. The molecule has 0 aromatic carbocycles. The second kappa shape index (κ2) is 5.54. The van der Waals surface area contributed by atoms with Crippen molar-refractivity contribution in [3.8, 4) is 0 Å². The Bertz CT molecular complexity index is 477. The highest BCUT2D eigenvalue weighted by molar-refractivity contribution is 5.96. The van der Waals surface area contributed by atoms with Crippen LogP contribution in [0.5, 0.6) is 0 Å². The molecule has 1 saturated heterocycles. The number of ether oxygens (including phenoxy) is 1. The summed E-state index contributed by atoms with van der Waals surface area (Å²) in [5, 5.41) is 15.3. The van der Waals surface area contributed by atoms with Crippen LogP contribution < -0.4 is 11.1 Å². The lowest BCUT2D eigenvalue weighted by Gasteiger charge is -2.29. The van der Waals surface area contributed by atoms with E-state index >= 15 is 0 Å². The van der Waals surface area contributed by atoms with E-state index in [0.717, 1.165) is 18.6 Å². The number of pyridine rings is 1. The molecule has 1 aromatic rings. The number of nitrogens with zero attached hydrogens (tertiary/aromatic N) is 2. The molecule has 2 heterocycles. The van der Waals surface area contributed by atoms with Crippen molar-refractivity contribution in [2.24, 2.45) is 10.9 Å². The predicted octanol–water partition coefficient (Wildman–Crippen LogP) is 0.833. The van der Waals surface area contributed by atoms with E-state index in [1.54, 1.807) is 6.20 Å². The summed E-state index contributed by atoms with van der Waals surface area (Å²) in [4.78, 5) is 4.15. The highest BCUT2D eigenvalue weighted by atomic mass is 16.5. The number of amidine groups is 1. The Morgan fingerprint density at radius 2 is 2.53 bits per heavy atom. The van der Waals surface area contributed by atoms with Crippen molar-refractivity contribution >= 4 is 5.84 Å². The van der Waals surface area contributed by atoms with Gasteiger partial charge in [-0.25, -0.2) is 0 Å². The van der Waals surface area contributed by atoms with Gasteiger partial charge in [-0.1, -0.05) is 11.2 Å². The molecule has 0 saturated carbocycles. The molecule has 0 radical (unpaired) electrons.